The first-order valence-electron chi connectivity index (χ1n) is 8.74. The Kier molecular flexibility index (Phi) is 5.48. The molecular weight excluding hydrogens is 316 g/mol. The highest BCUT2D eigenvalue weighted by atomic mass is 16.5. The monoisotopic (exact) mass is 340 g/mol. The normalized spacial score (nSPS) is 15.0. The van der Waals surface area contributed by atoms with E-state index in [1.54, 1.807) is 6.20 Å². The predicted octanol–water partition coefficient (Wildman–Crippen LogP) is 2.90. The zero-order valence-corrected chi connectivity index (χ0v) is 14.7. The Labute approximate surface area is 148 Å². The van der Waals surface area contributed by atoms with Gasteiger partial charge in [-0.3, -0.25) is 4.79 Å². The lowest BCUT2D eigenvalue weighted by Crippen LogP contribution is -2.42. The Bertz CT molecular complexity index is 727. The Hall–Kier alpha value is -2.63. The second-order valence-electron chi connectivity index (χ2n) is 6.13. The van der Waals surface area contributed by atoms with Crippen molar-refractivity contribution < 1.29 is 9.53 Å². The zero-order valence-electron chi connectivity index (χ0n) is 14.7. The number of nitrogens with zero attached hydrogens (tertiary/aromatic N) is 3. The Morgan fingerprint density at radius 2 is 2.04 bits per heavy atom. The molecule has 6 nitrogen and oxygen atoms in total. The first kappa shape index (κ1) is 17.2. The highest BCUT2D eigenvalue weighted by Gasteiger charge is 2.25. The average Bonchev–Trinajstić information content (AvgIpc) is 2.63. The molecule has 0 radical (unpaired) electrons. The van der Waals surface area contributed by atoms with Crippen LogP contribution in [0.4, 0.5) is 5.82 Å². The standard InChI is InChI=1S/C19H24N4O2/c1-3-25-17-7-5-4-6-16(17)19(24)23-12-9-15(10-13-23)22-18-8-11-20-14(2)21-18/h4-8,11,15H,3,9-10,12-13H2,1-2H3,(H,20,21,22). The maximum absolute atomic E-state index is 12.8. The van der Waals surface area contributed by atoms with E-state index in [9.17, 15) is 4.79 Å². The van der Waals surface area contributed by atoms with E-state index < -0.39 is 0 Å². The second-order valence-corrected chi connectivity index (χ2v) is 6.13. The third-order valence-corrected chi connectivity index (χ3v) is 4.33. The zero-order chi connectivity index (χ0) is 17.6. The van der Waals surface area contributed by atoms with Crippen LogP contribution in [0.2, 0.25) is 0 Å². The first-order chi connectivity index (χ1) is 12.2. The fourth-order valence-electron chi connectivity index (χ4n) is 3.07. The number of aromatic nitrogens is 2. The van der Waals surface area contributed by atoms with Gasteiger partial charge in [-0.05, 0) is 44.9 Å². The van der Waals surface area contributed by atoms with Crippen molar-refractivity contribution in [1.29, 1.82) is 0 Å². The minimum Gasteiger partial charge on any atom is -0.493 e. The van der Waals surface area contributed by atoms with Gasteiger partial charge in [-0.2, -0.15) is 0 Å². The van der Waals surface area contributed by atoms with Gasteiger partial charge >= 0.3 is 0 Å². The third-order valence-electron chi connectivity index (χ3n) is 4.33. The number of amides is 1. The predicted molar refractivity (Wildman–Crippen MR) is 96.9 cm³/mol. The van der Waals surface area contributed by atoms with E-state index in [0.717, 1.165) is 37.6 Å². The quantitative estimate of drug-likeness (QED) is 0.906. The van der Waals surface area contributed by atoms with Gasteiger partial charge < -0.3 is 15.0 Å². The summed E-state index contributed by atoms with van der Waals surface area (Å²) < 4.78 is 5.59. The molecule has 1 aliphatic heterocycles. The van der Waals surface area contributed by atoms with Crippen LogP contribution in [0.5, 0.6) is 5.75 Å². The number of anilines is 1. The lowest BCUT2D eigenvalue weighted by atomic mass is 10.0. The van der Waals surface area contributed by atoms with Crippen molar-refractivity contribution in [2.45, 2.75) is 32.7 Å². The van der Waals surface area contributed by atoms with E-state index in [-0.39, 0.29) is 5.91 Å². The minimum atomic E-state index is 0.0420. The SMILES string of the molecule is CCOc1ccccc1C(=O)N1CCC(Nc2ccnc(C)n2)CC1. The van der Waals surface area contributed by atoms with Gasteiger partial charge in [0.25, 0.3) is 5.91 Å². The van der Waals surface area contributed by atoms with Crippen molar-refractivity contribution in [3.63, 3.8) is 0 Å². The summed E-state index contributed by atoms with van der Waals surface area (Å²) in [6.07, 6.45) is 3.55. The number of carbonyl (C=O) groups is 1. The number of carbonyl (C=O) groups excluding carboxylic acids is 1. The molecule has 6 heteroatoms. The maximum Gasteiger partial charge on any atom is 0.257 e. The van der Waals surface area contributed by atoms with Crippen molar-refractivity contribution >= 4 is 11.7 Å². The summed E-state index contributed by atoms with van der Waals surface area (Å²) in [5.41, 5.74) is 0.641. The molecule has 1 aromatic carbocycles. The fraction of sp³-hybridized carbons (Fsp3) is 0.421. The minimum absolute atomic E-state index is 0.0420. The number of benzene rings is 1. The van der Waals surface area contributed by atoms with Crippen molar-refractivity contribution in [2.75, 3.05) is 25.0 Å². The molecule has 1 fully saturated rings. The molecule has 0 saturated carbocycles. The summed E-state index contributed by atoms with van der Waals surface area (Å²) in [5, 5.41) is 3.44. The molecule has 0 unspecified atom stereocenters. The number of piperidine rings is 1. The van der Waals surface area contributed by atoms with Crippen molar-refractivity contribution in [2.24, 2.45) is 0 Å². The summed E-state index contributed by atoms with van der Waals surface area (Å²) >= 11 is 0. The van der Waals surface area contributed by atoms with Gasteiger partial charge in [-0.25, -0.2) is 9.97 Å². The fourth-order valence-corrected chi connectivity index (χ4v) is 3.07. The van der Waals surface area contributed by atoms with Crippen LogP contribution in [-0.2, 0) is 0 Å². The van der Waals surface area contributed by atoms with E-state index in [1.165, 1.54) is 0 Å². The van der Waals surface area contributed by atoms with Gasteiger partial charge in [0.15, 0.2) is 0 Å². The Balaban J connectivity index is 1.59. The van der Waals surface area contributed by atoms with E-state index in [0.29, 0.717) is 24.0 Å². The second kappa shape index (κ2) is 7.96. The molecule has 25 heavy (non-hydrogen) atoms. The number of nitrogens with one attached hydrogen (secondary N) is 1. The largest absolute Gasteiger partial charge is 0.493 e. The van der Waals surface area contributed by atoms with Gasteiger partial charge in [0.05, 0.1) is 12.2 Å². The lowest BCUT2D eigenvalue weighted by molar-refractivity contribution is 0.0714. The lowest BCUT2D eigenvalue weighted by Gasteiger charge is -2.33. The molecule has 132 valence electrons. The van der Waals surface area contributed by atoms with Gasteiger partial charge in [0.1, 0.15) is 17.4 Å². The number of hydrogen-bond acceptors (Lipinski definition) is 5. The molecule has 0 atom stereocenters. The van der Waals surface area contributed by atoms with Gasteiger partial charge in [0.2, 0.25) is 0 Å². The van der Waals surface area contributed by atoms with E-state index >= 15 is 0 Å². The smallest absolute Gasteiger partial charge is 0.257 e. The Morgan fingerprint density at radius 3 is 2.76 bits per heavy atom. The van der Waals surface area contributed by atoms with E-state index in [4.69, 9.17) is 4.74 Å². The van der Waals surface area contributed by atoms with Gasteiger partial charge in [0, 0.05) is 25.3 Å². The maximum atomic E-state index is 12.8. The van der Waals surface area contributed by atoms with Crippen LogP contribution in [-0.4, -0.2) is 46.5 Å². The molecule has 1 aromatic heterocycles. The van der Waals surface area contributed by atoms with Crippen LogP contribution >= 0.6 is 0 Å². The molecule has 3 rings (SSSR count). The molecule has 0 spiro atoms. The molecule has 0 aliphatic carbocycles. The highest BCUT2D eigenvalue weighted by Crippen LogP contribution is 2.23. The molecule has 1 saturated heterocycles. The molecule has 0 bridgehead atoms. The van der Waals surface area contributed by atoms with Crippen LogP contribution in [0.3, 0.4) is 0 Å². The number of hydrogen-bond donors (Lipinski definition) is 1. The average molecular weight is 340 g/mol. The molecule has 2 aromatic rings. The summed E-state index contributed by atoms with van der Waals surface area (Å²) in [5.74, 6) is 2.30. The number of rotatable bonds is 5. The molecule has 2 heterocycles. The van der Waals surface area contributed by atoms with Crippen molar-refractivity contribution in [1.82, 2.24) is 14.9 Å². The van der Waals surface area contributed by atoms with Gasteiger partial charge in [-0.1, -0.05) is 12.1 Å². The number of para-hydroxylation sites is 1. The Morgan fingerprint density at radius 1 is 1.28 bits per heavy atom. The third kappa shape index (κ3) is 4.26. The highest BCUT2D eigenvalue weighted by molar-refractivity contribution is 5.97. The van der Waals surface area contributed by atoms with Crippen molar-refractivity contribution in [3.05, 3.63) is 47.9 Å². The first-order valence-corrected chi connectivity index (χ1v) is 8.74. The van der Waals surface area contributed by atoms with Crippen LogP contribution in [0, 0.1) is 6.92 Å². The number of likely N-dealkylation sites (tertiary alicyclic amines) is 1. The molecule has 1 aliphatic rings. The molecular formula is C19H24N4O2. The number of aryl methyl sites for hydroxylation is 1. The summed E-state index contributed by atoms with van der Waals surface area (Å²) in [4.78, 5) is 23.2. The topological polar surface area (TPSA) is 67.3 Å². The van der Waals surface area contributed by atoms with Crippen molar-refractivity contribution in [3.8, 4) is 5.75 Å². The van der Waals surface area contributed by atoms with E-state index in [1.807, 2.05) is 49.1 Å². The van der Waals surface area contributed by atoms with Gasteiger partial charge in [-0.15, -0.1) is 0 Å². The van der Waals surface area contributed by atoms with Crippen LogP contribution in [0.1, 0.15) is 35.9 Å². The summed E-state index contributed by atoms with van der Waals surface area (Å²) in [6.45, 7) is 5.80. The molecule has 1 N–H and O–H groups in total. The van der Waals surface area contributed by atoms with Crippen LogP contribution in [0.15, 0.2) is 36.5 Å². The van der Waals surface area contributed by atoms with Crippen LogP contribution < -0.4 is 10.1 Å². The summed E-state index contributed by atoms with van der Waals surface area (Å²) in [6, 6.07) is 9.65. The number of ether oxygens (including phenoxy) is 1. The molecule has 1 amide bonds. The van der Waals surface area contributed by atoms with E-state index in [2.05, 4.69) is 15.3 Å². The summed E-state index contributed by atoms with van der Waals surface area (Å²) in [7, 11) is 0. The van der Waals surface area contributed by atoms with Crippen LogP contribution in [0.25, 0.3) is 0 Å².